The lowest BCUT2D eigenvalue weighted by molar-refractivity contribution is -0.129. The van der Waals surface area contributed by atoms with Gasteiger partial charge < -0.3 is 14.5 Å². The van der Waals surface area contributed by atoms with Gasteiger partial charge in [-0.1, -0.05) is 0 Å². The highest BCUT2D eigenvalue weighted by atomic mass is 16.5. The summed E-state index contributed by atoms with van der Waals surface area (Å²) in [5, 5.41) is 10.4. The maximum Gasteiger partial charge on any atom is 0.412 e. The number of hydrogen-bond donors (Lipinski definition) is 1. The lowest BCUT2D eigenvalue weighted by Crippen LogP contribution is -2.48. The van der Waals surface area contributed by atoms with E-state index in [2.05, 4.69) is 20.3 Å². The van der Waals surface area contributed by atoms with Gasteiger partial charge in [0.2, 0.25) is 5.91 Å². The Labute approximate surface area is 116 Å². The topological polar surface area (TPSA) is 87.7 Å². The Morgan fingerprint density at radius 1 is 1.20 bits per heavy atom. The fraction of sp³-hybridized carbons (Fsp3) is 0.500. The molecule has 1 aliphatic rings. The van der Waals surface area contributed by atoms with Crippen molar-refractivity contribution in [2.24, 2.45) is 0 Å². The van der Waals surface area contributed by atoms with Crippen LogP contribution >= 0.6 is 0 Å². The number of rotatable bonds is 2. The molecule has 1 aliphatic heterocycles. The molecule has 2 heterocycles. The zero-order valence-electron chi connectivity index (χ0n) is 11.5. The fourth-order valence-electron chi connectivity index (χ4n) is 1.97. The Morgan fingerprint density at radius 3 is 2.40 bits per heavy atom. The first kappa shape index (κ1) is 14.0. The third-order valence-corrected chi connectivity index (χ3v) is 3.11. The van der Waals surface area contributed by atoms with Crippen LogP contribution in [0.5, 0.6) is 0 Å². The number of nitrogens with one attached hydrogen (secondary N) is 1. The van der Waals surface area contributed by atoms with Crippen LogP contribution in [0.2, 0.25) is 0 Å². The molecule has 1 aromatic rings. The quantitative estimate of drug-likeness (QED) is 0.839. The van der Waals surface area contributed by atoms with Gasteiger partial charge >= 0.3 is 6.09 Å². The zero-order valence-corrected chi connectivity index (χ0v) is 11.5. The first-order valence-electron chi connectivity index (χ1n) is 6.29. The standard InChI is InChI=1S/C12H17N5O3/c1-9(18)16-5-7-17(8-6-16)11-4-3-10(14-15-11)13-12(19)20-2/h3-4H,5-8H2,1-2H3,(H,13,14,19). The summed E-state index contributed by atoms with van der Waals surface area (Å²) in [6.07, 6.45) is -0.581. The molecule has 0 radical (unpaired) electrons. The highest BCUT2D eigenvalue weighted by Crippen LogP contribution is 2.14. The second-order valence-corrected chi connectivity index (χ2v) is 4.39. The van der Waals surface area contributed by atoms with Gasteiger partial charge in [0.1, 0.15) is 0 Å². The SMILES string of the molecule is COC(=O)Nc1ccc(N2CCN(C(C)=O)CC2)nn1. The maximum atomic E-state index is 11.2. The van der Waals surface area contributed by atoms with E-state index in [4.69, 9.17) is 0 Å². The molecule has 0 aliphatic carbocycles. The van der Waals surface area contributed by atoms with Gasteiger partial charge in [-0.05, 0) is 12.1 Å². The van der Waals surface area contributed by atoms with Gasteiger partial charge in [-0.15, -0.1) is 10.2 Å². The lowest BCUT2D eigenvalue weighted by atomic mass is 10.3. The van der Waals surface area contributed by atoms with Gasteiger partial charge in [-0.3, -0.25) is 10.1 Å². The number of anilines is 2. The second kappa shape index (κ2) is 6.18. The molecule has 2 amide bonds. The van der Waals surface area contributed by atoms with E-state index < -0.39 is 6.09 Å². The van der Waals surface area contributed by atoms with Crippen LogP contribution in [-0.2, 0) is 9.53 Å². The lowest BCUT2D eigenvalue weighted by Gasteiger charge is -2.34. The van der Waals surface area contributed by atoms with E-state index in [1.165, 1.54) is 7.11 Å². The summed E-state index contributed by atoms with van der Waals surface area (Å²) < 4.78 is 4.47. The monoisotopic (exact) mass is 279 g/mol. The summed E-state index contributed by atoms with van der Waals surface area (Å²) in [6, 6.07) is 3.44. The second-order valence-electron chi connectivity index (χ2n) is 4.39. The Balaban J connectivity index is 1.94. The molecule has 1 saturated heterocycles. The van der Waals surface area contributed by atoms with E-state index in [-0.39, 0.29) is 5.91 Å². The Hall–Kier alpha value is -2.38. The molecule has 0 spiro atoms. The number of ether oxygens (including phenoxy) is 1. The van der Waals surface area contributed by atoms with Crippen molar-refractivity contribution < 1.29 is 14.3 Å². The smallest absolute Gasteiger partial charge is 0.412 e. The molecule has 0 atom stereocenters. The average Bonchev–Trinajstić information content (AvgIpc) is 2.48. The minimum absolute atomic E-state index is 0.0911. The summed E-state index contributed by atoms with van der Waals surface area (Å²) in [4.78, 5) is 26.1. The van der Waals surface area contributed by atoms with Crippen molar-refractivity contribution >= 4 is 23.6 Å². The molecule has 8 nitrogen and oxygen atoms in total. The van der Waals surface area contributed by atoms with Gasteiger partial charge in [0, 0.05) is 33.1 Å². The summed E-state index contributed by atoms with van der Waals surface area (Å²) in [5.74, 6) is 1.15. The van der Waals surface area contributed by atoms with E-state index in [0.717, 1.165) is 18.9 Å². The third-order valence-electron chi connectivity index (χ3n) is 3.11. The normalized spacial score (nSPS) is 14.9. The zero-order chi connectivity index (χ0) is 14.5. The van der Waals surface area contributed by atoms with Gasteiger partial charge in [-0.25, -0.2) is 4.79 Å². The van der Waals surface area contributed by atoms with Gasteiger partial charge in [0.05, 0.1) is 7.11 Å². The van der Waals surface area contributed by atoms with E-state index in [9.17, 15) is 9.59 Å². The van der Waals surface area contributed by atoms with Crippen molar-refractivity contribution in [2.45, 2.75) is 6.92 Å². The van der Waals surface area contributed by atoms with E-state index >= 15 is 0 Å². The minimum Gasteiger partial charge on any atom is -0.453 e. The van der Waals surface area contributed by atoms with Crippen LogP contribution in [0, 0.1) is 0 Å². The van der Waals surface area contributed by atoms with Crippen molar-refractivity contribution in [1.82, 2.24) is 15.1 Å². The molecule has 1 aromatic heterocycles. The first-order valence-corrected chi connectivity index (χ1v) is 6.29. The van der Waals surface area contributed by atoms with Gasteiger partial charge in [-0.2, -0.15) is 0 Å². The van der Waals surface area contributed by atoms with Crippen molar-refractivity contribution in [1.29, 1.82) is 0 Å². The number of amides is 2. The van der Waals surface area contributed by atoms with E-state index in [1.807, 2.05) is 4.90 Å². The van der Waals surface area contributed by atoms with Crippen LogP contribution in [0.25, 0.3) is 0 Å². The van der Waals surface area contributed by atoms with Gasteiger partial charge in [0.15, 0.2) is 11.6 Å². The number of hydrogen-bond acceptors (Lipinski definition) is 6. The molecule has 1 N–H and O–H groups in total. The van der Waals surface area contributed by atoms with E-state index in [1.54, 1.807) is 24.0 Å². The van der Waals surface area contributed by atoms with Crippen LogP contribution in [0.4, 0.5) is 16.4 Å². The molecule has 0 aromatic carbocycles. The fourth-order valence-corrected chi connectivity index (χ4v) is 1.97. The largest absolute Gasteiger partial charge is 0.453 e. The van der Waals surface area contributed by atoms with Gasteiger partial charge in [0.25, 0.3) is 0 Å². The molecular formula is C12H17N5O3. The maximum absolute atomic E-state index is 11.2. The number of methoxy groups -OCH3 is 1. The van der Waals surface area contributed by atoms with Crippen LogP contribution in [0.1, 0.15) is 6.92 Å². The number of aromatic nitrogens is 2. The van der Waals surface area contributed by atoms with Crippen molar-refractivity contribution in [3.63, 3.8) is 0 Å². The van der Waals surface area contributed by atoms with Crippen LogP contribution < -0.4 is 10.2 Å². The molecule has 20 heavy (non-hydrogen) atoms. The molecule has 108 valence electrons. The number of carbonyl (C=O) groups is 2. The van der Waals surface area contributed by atoms with Crippen molar-refractivity contribution in [3.05, 3.63) is 12.1 Å². The number of carbonyl (C=O) groups excluding carboxylic acids is 2. The minimum atomic E-state index is -0.581. The molecule has 8 heteroatoms. The predicted molar refractivity (Wildman–Crippen MR) is 72.5 cm³/mol. The number of piperazine rings is 1. The predicted octanol–water partition coefficient (Wildman–Crippen LogP) is 0.323. The number of nitrogens with zero attached hydrogens (tertiary/aromatic N) is 4. The van der Waals surface area contributed by atoms with Crippen molar-refractivity contribution in [2.75, 3.05) is 43.5 Å². The highest BCUT2D eigenvalue weighted by molar-refractivity contribution is 5.83. The molecule has 0 unspecified atom stereocenters. The summed E-state index contributed by atoms with van der Waals surface area (Å²) in [5.41, 5.74) is 0. The average molecular weight is 279 g/mol. The highest BCUT2D eigenvalue weighted by Gasteiger charge is 2.19. The van der Waals surface area contributed by atoms with Crippen LogP contribution in [0.3, 0.4) is 0 Å². The molecule has 2 rings (SSSR count). The molecule has 0 bridgehead atoms. The van der Waals surface area contributed by atoms with E-state index in [0.29, 0.717) is 18.9 Å². The Morgan fingerprint density at radius 2 is 1.90 bits per heavy atom. The summed E-state index contributed by atoms with van der Waals surface area (Å²) in [7, 11) is 1.28. The summed E-state index contributed by atoms with van der Waals surface area (Å²) >= 11 is 0. The first-order chi connectivity index (χ1) is 9.60. The van der Waals surface area contributed by atoms with Crippen LogP contribution in [0.15, 0.2) is 12.1 Å². The van der Waals surface area contributed by atoms with Crippen molar-refractivity contribution in [3.8, 4) is 0 Å². The summed E-state index contributed by atoms with van der Waals surface area (Å²) in [6.45, 7) is 4.37. The van der Waals surface area contributed by atoms with Crippen LogP contribution in [-0.4, -0.2) is 60.4 Å². The molecular weight excluding hydrogens is 262 g/mol. The molecule has 1 fully saturated rings. The Bertz CT molecular complexity index is 482. The third kappa shape index (κ3) is 3.34. The Kier molecular flexibility index (Phi) is 4.34. The molecule has 0 saturated carbocycles.